The summed E-state index contributed by atoms with van der Waals surface area (Å²) in [5.74, 6) is -0.169. The molecule has 0 bridgehead atoms. The number of methoxy groups -OCH3 is 1. The molecule has 0 aliphatic rings. The third kappa shape index (κ3) is 9.31. The zero-order chi connectivity index (χ0) is 20.2. The topological polar surface area (TPSA) is 82.1 Å². The average molecular weight is 380 g/mol. The number of unbranched alkanes of at least 4 members (excludes halogenated alkanes) is 2. The molecule has 1 rings (SSSR count). The molecular weight excluding hydrogens is 348 g/mol. The number of hydrogen-bond acceptors (Lipinski definition) is 6. The number of carbonyl (C=O) groups excluding carboxylic acids is 2. The standard InChI is InChI=1S/C21H32O6/c1-5-6-7-8-18(26-15(2)22)14-19(27-16(3)23)11-9-17-10-12-20(24)21(13-17)25-4/h10,12-13,18-19,24H,5-9,11,14H2,1-4H3/t18-,19-/m1/s1. The minimum atomic E-state index is -0.349. The maximum absolute atomic E-state index is 11.5. The molecule has 0 heterocycles. The third-order valence-electron chi connectivity index (χ3n) is 4.32. The highest BCUT2D eigenvalue weighted by Crippen LogP contribution is 2.27. The van der Waals surface area contributed by atoms with Crippen molar-refractivity contribution in [3.05, 3.63) is 23.8 Å². The smallest absolute Gasteiger partial charge is 0.302 e. The molecule has 152 valence electrons. The number of aryl methyl sites for hydroxylation is 1. The summed E-state index contributed by atoms with van der Waals surface area (Å²) in [6, 6.07) is 5.17. The van der Waals surface area contributed by atoms with E-state index in [1.165, 1.54) is 21.0 Å². The first-order valence-corrected chi connectivity index (χ1v) is 9.56. The van der Waals surface area contributed by atoms with E-state index in [2.05, 4.69) is 6.92 Å². The van der Waals surface area contributed by atoms with Gasteiger partial charge < -0.3 is 19.3 Å². The summed E-state index contributed by atoms with van der Waals surface area (Å²) >= 11 is 0. The van der Waals surface area contributed by atoms with E-state index in [1.54, 1.807) is 12.1 Å². The molecule has 0 saturated heterocycles. The van der Waals surface area contributed by atoms with Crippen LogP contribution in [0.4, 0.5) is 0 Å². The number of carbonyl (C=O) groups is 2. The van der Waals surface area contributed by atoms with Crippen molar-refractivity contribution < 1.29 is 28.9 Å². The van der Waals surface area contributed by atoms with Gasteiger partial charge in [0.05, 0.1) is 7.11 Å². The summed E-state index contributed by atoms with van der Waals surface area (Å²) < 4.78 is 16.0. The van der Waals surface area contributed by atoms with Crippen LogP contribution >= 0.6 is 0 Å². The Morgan fingerprint density at radius 3 is 2.22 bits per heavy atom. The average Bonchev–Trinajstić information content (AvgIpc) is 2.60. The van der Waals surface area contributed by atoms with E-state index in [0.717, 1.165) is 31.2 Å². The maximum atomic E-state index is 11.5. The van der Waals surface area contributed by atoms with E-state index in [0.29, 0.717) is 25.0 Å². The number of hydrogen-bond donors (Lipinski definition) is 1. The largest absolute Gasteiger partial charge is 0.504 e. The van der Waals surface area contributed by atoms with E-state index >= 15 is 0 Å². The van der Waals surface area contributed by atoms with Crippen molar-refractivity contribution in [1.82, 2.24) is 0 Å². The molecule has 0 aromatic heterocycles. The predicted octanol–water partition coefficient (Wildman–Crippen LogP) is 4.17. The lowest BCUT2D eigenvalue weighted by molar-refractivity contribution is -0.153. The molecule has 0 spiro atoms. The number of ether oxygens (including phenoxy) is 3. The quantitative estimate of drug-likeness (QED) is 0.433. The van der Waals surface area contributed by atoms with Gasteiger partial charge in [-0.3, -0.25) is 9.59 Å². The Kier molecular flexibility index (Phi) is 10.3. The summed E-state index contributed by atoms with van der Waals surface area (Å²) in [6.07, 6.45) is 5.02. The lowest BCUT2D eigenvalue weighted by Crippen LogP contribution is -2.27. The van der Waals surface area contributed by atoms with E-state index in [9.17, 15) is 14.7 Å². The molecule has 1 N–H and O–H groups in total. The lowest BCUT2D eigenvalue weighted by atomic mass is 9.99. The maximum Gasteiger partial charge on any atom is 0.302 e. The van der Waals surface area contributed by atoms with Crippen molar-refractivity contribution in [2.45, 2.75) is 77.9 Å². The Labute approximate surface area is 161 Å². The number of phenols is 1. The SMILES string of the molecule is CCCCC[C@H](C[C@@H](CCc1ccc(O)c(OC)c1)OC(C)=O)OC(C)=O. The Balaban J connectivity index is 2.74. The van der Waals surface area contributed by atoms with Crippen LogP contribution in [0.15, 0.2) is 18.2 Å². The van der Waals surface area contributed by atoms with Crippen LogP contribution in [0.3, 0.4) is 0 Å². The molecule has 0 aliphatic carbocycles. The summed E-state index contributed by atoms with van der Waals surface area (Å²) in [7, 11) is 1.50. The van der Waals surface area contributed by atoms with Crippen LogP contribution in [0, 0.1) is 0 Å². The van der Waals surface area contributed by atoms with Gasteiger partial charge in [0, 0.05) is 20.3 Å². The monoisotopic (exact) mass is 380 g/mol. The molecule has 2 atom stereocenters. The zero-order valence-electron chi connectivity index (χ0n) is 16.8. The van der Waals surface area contributed by atoms with Gasteiger partial charge in [0.2, 0.25) is 0 Å². The third-order valence-corrected chi connectivity index (χ3v) is 4.32. The van der Waals surface area contributed by atoms with Crippen molar-refractivity contribution in [3.63, 3.8) is 0 Å². The second-order valence-electron chi connectivity index (χ2n) is 6.74. The molecule has 0 aliphatic heterocycles. The minimum Gasteiger partial charge on any atom is -0.504 e. The Morgan fingerprint density at radius 2 is 1.67 bits per heavy atom. The normalized spacial score (nSPS) is 12.9. The van der Waals surface area contributed by atoms with E-state index < -0.39 is 0 Å². The summed E-state index contributed by atoms with van der Waals surface area (Å²) in [4.78, 5) is 22.9. The van der Waals surface area contributed by atoms with Gasteiger partial charge in [-0.15, -0.1) is 0 Å². The highest BCUT2D eigenvalue weighted by molar-refractivity contribution is 5.66. The molecule has 0 fully saturated rings. The number of aromatic hydroxyl groups is 1. The van der Waals surface area contributed by atoms with Crippen LogP contribution in [0.1, 0.15) is 64.9 Å². The van der Waals surface area contributed by atoms with Gasteiger partial charge in [0.15, 0.2) is 11.5 Å². The van der Waals surface area contributed by atoms with Crippen molar-refractivity contribution in [1.29, 1.82) is 0 Å². The van der Waals surface area contributed by atoms with Gasteiger partial charge in [-0.1, -0.05) is 25.8 Å². The molecule has 1 aromatic rings. The second kappa shape index (κ2) is 12.2. The summed E-state index contributed by atoms with van der Waals surface area (Å²) in [5.41, 5.74) is 0.969. The van der Waals surface area contributed by atoms with Gasteiger partial charge in [-0.25, -0.2) is 0 Å². The number of esters is 2. The molecule has 0 unspecified atom stereocenters. The summed E-state index contributed by atoms with van der Waals surface area (Å²) in [6.45, 7) is 4.90. The predicted molar refractivity (Wildman–Crippen MR) is 103 cm³/mol. The lowest BCUT2D eigenvalue weighted by Gasteiger charge is -2.23. The van der Waals surface area contributed by atoms with Gasteiger partial charge in [0.25, 0.3) is 0 Å². The molecular formula is C21H32O6. The highest BCUT2D eigenvalue weighted by atomic mass is 16.6. The van der Waals surface area contributed by atoms with E-state index in [4.69, 9.17) is 14.2 Å². The molecule has 1 aromatic carbocycles. The van der Waals surface area contributed by atoms with Crippen LogP contribution in [-0.2, 0) is 25.5 Å². The first-order valence-electron chi connectivity index (χ1n) is 9.56. The summed E-state index contributed by atoms with van der Waals surface area (Å²) in [5, 5.41) is 9.69. The molecule has 6 heteroatoms. The number of phenolic OH excluding ortho intramolecular Hbond substituents is 1. The van der Waals surface area contributed by atoms with Crippen molar-refractivity contribution >= 4 is 11.9 Å². The van der Waals surface area contributed by atoms with Crippen molar-refractivity contribution in [3.8, 4) is 11.5 Å². The van der Waals surface area contributed by atoms with Gasteiger partial charge >= 0.3 is 11.9 Å². The zero-order valence-corrected chi connectivity index (χ0v) is 16.8. The fraction of sp³-hybridized carbons (Fsp3) is 0.619. The van der Waals surface area contributed by atoms with Crippen molar-refractivity contribution in [2.75, 3.05) is 7.11 Å². The molecule has 0 radical (unpaired) electrons. The molecule has 27 heavy (non-hydrogen) atoms. The Morgan fingerprint density at radius 1 is 1.04 bits per heavy atom. The molecule has 0 saturated carbocycles. The first kappa shape index (κ1) is 22.8. The fourth-order valence-electron chi connectivity index (χ4n) is 3.04. The molecule has 6 nitrogen and oxygen atoms in total. The number of rotatable bonds is 12. The van der Waals surface area contributed by atoms with Crippen LogP contribution in [0.25, 0.3) is 0 Å². The highest BCUT2D eigenvalue weighted by Gasteiger charge is 2.21. The molecule has 0 amide bonds. The Bertz CT molecular complexity index is 598. The minimum absolute atomic E-state index is 0.0867. The van der Waals surface area contributed by atoms with Crippen LogP contribution in [-0.4, -0.2) is 36.4 Å². The van der Waals surface area contributed by atoms with E-state index in [-0.39, 0.29) is 29.9 Å². The second-order valence-corrected chi connectivity index (χ2v) is 6.74. The van der Waals surface area contributed by atoms with Crippen LogP contribution < -0.4 is 4.74 Å². The first-order chi connectivity index (χ1) is 12.8. The van der Waals surface area contributed by atoms with Gasteiger partial charge in [0.1, 0.15) is 12.2 Å². The van der Waals surface area contributed by atoms with Crippen LogP contribution in [0.2, 0.25) is 0 Å². The van der Waals surface area contributed by atoms with Crippen molar-refractivity contribution in [2.24, 2.45) is 0 Å². The van der Waals surface area contributed by atoms with Gasteiger partial charge in [-0.2, -0.15) is 0 Å². The Hall–Kier alpha value is -2.24. The fourth-order valence-corrected chi connectivity index (χ4v) is 3.04. The number of benzene rings is 1. The van der Waals surface area contributed by atoms with Crippen LogP contribution in [0.5, 0.6) is 11.5 Å². The van der Waals surface area contributed by atoms with Gasteiger partial charge in [-0.05, 0) is 43.4 Å². The van der Waals surface area contributed by atoms with E-state index in [1.807, 2.05) is 6.07 Å².